The second kappa shape index (κ2) is 7.69. The minimum absolute atomic E-state index is 0.598. The van der Waals surface area contributed by atoms with Crippen molar-refractivity contribution in [3.8, 4) is 0 Å². The van der Waals surface area contributed by atoms with Gasteiger partial charge in [0.05, 0.1) is 6.54 Å². The van der Waals surface area contributed by atoms with Crippen molar-refractivity contribution in [2.45, 2.75) is 65.1 Å². The summed E-state index contributed by atoms with van der Waals surface area (Å²) in [5, 5.41) is 12.2. The summed E-state index contributed by atoms with van der Waals surface area (Å²) < 4.78 is 1.96. The molecule has 6 heteroatoms. The molecule has 1 fully saturated rings. The van der Waals surface area contributed by atoms with Crippen LogP contribution in [0.15, 0.2) is 0 Å². The standard InChI is InChI=1S/C14H28N6/c1-3-5-9-20-14(16-17-18-20)11-19(4-2)13-8-6-7-12(13)10-15/h12-13H,3-11,15H2,1-2H3. The Bertz CT molecular complexity index is 391. The van der Waals surface area contributed by atoms with Crippen molar-refractivity contribution in [1.29, 1.82) is 0 Å². The predicted molar refractivity (Wildman–Crippen MR) is 79.0 cm³/mol. The summed E-state index contributed by atoms with van der Waals surface area (Å²) in [6.07, 6.45) is 6.10. The third-order valence-corrected chi connectivity index (χ3v) is 4.47. The van der Waals surface area contributed by atoms with E-state index in [4.69, 9.17) is 5.73 Å². The van der Waals surface area contributed by atoms with Crippen LogP contribution in [0, 0.1) is 5.92 Å². The maximum Gasteiger partial charge on any atom is 0.165 e. The highest BCUT2D eigenvalue weighted by atomic mass is 15.5. The smallest absolute Gasteiger partial charge is 0.165 e. The van der Waals surface area contributed by atoms with Crippen molar-refractivity contribution in [3.05, 3.63) is 5.82 Å². The molecule has 1 aromatic rings. The Balaban J connectivity index is 2.01. The summed E-state index contributed by atoms with van der Waals surface area (Å²) in [7, 11) is 0. The Kier molecular flexibility index (Phi) is 5.91. The van der Waals surface area contributed by atoms with Gasteiger partial charge in [0.2, 0.25) is 0 Å². The van der Waals surface area contributed by atoms with Crippen molar-refractivity contribution in [1.82, 2.24) is 25.1 Å². The number of aromatic nitrogens is 4. The highest BCUT2D eigenvalue weighted by Crippen LogP contribution is 2.29. The normalized spacial score (nSPS) is 22.8. The van der Waals surface area contributed by atoms with Gasteiger partial charge in [-0.05, 0) is 48.7 Å². The van der Waals surface area contributed by atoms with Crippen LogP contribution < -0.4 is 5.73 Å². The fraction of sp³-hybridized carbons (Fsp3) is 0.929. The number of nitrogens with zero attached hydrogens (tertiary/aromatic N) is 5. The minimum Gasteiger partial charge on any atom is -0.330 e. The monoisotopic (exact) mass is 280 g/mol. The van der Waals surface area contributed by atoms with Gasteiger partial charge < -0.3 is 5.73 Å². The third kappa shape index (κ3) is 3.55. The summed E-state index contributed by atoms with van der Waals surface area (Å²) in [5.41, 5.74) is 5.91. The average Bonchev–Trinajstić information content (AvgIpc) is 3.11. The Hall–Kier alpha value is -1.01. The first-order valence-corrected chi connectivity index (χ1v) is 7.99. The molecule has 1 aliphatic rings. The quantitative estimate of drug-likeness (QED) is 0.779. The second-order valence-electron chi connectivity index (χ2n) is 5.73. The van der Waals surface area contributed by atoms with Crippen LogP contribution in [0.4, 0.5) is 0 Å². The van der Waals surface area contributed by atoms with Crippen molar-refractivity contribution in [2.75, 3.05) is 13.1 Å². The molecule has 2 N–H and O–H groups in total. The molecule has 1 saturated carbocycles. The summed E-state index contributed by atoms with van der Waals surface area (Å²) >= 11 is 0. The first kappa shape index (κ1) is 15.4. The SMILES string of the molecule is CCCCn1nnnc1CN(CC)C1CCCC1CN. The first-order chi connectivity index (χ1) is 9.80. The summed E-state index contributed by atoms with van der Waals surface area (Å²) in [4.78, 5) is 2.50. The van der Waals surface area contributed by atoms with Gasteiger partial charge in [0, 0.05) is 12.6 Å². The Morgan fingerprint density at radius 2 is 2.20 bits per heavy atom. The summed E-state index contributed by atoms with van der Waals surface area (Å²) in [6.45, 7) is 7.98. The Morgan fingerprint density at radius 3 is 2.90 bits per heavy atom. The number of hydrogen-bond donors (Lipinski definition) is 1. The molecule has 0 aliphatic heterocycles. The summed E-state index contributed by atoms with van der Waals surface area (Å²) in [5.74, 6) is 1.62. The van der Waals surface area contributed by atoms with E-state index in [1.165, 1.54) is 19.3 Å². The van der Waals surface area contributed by atoms with E-state index >= 15 is 0 Å². The van der Waals surface area contributed by atoms with Crippen LogP contribution in [-0.2, 0) is 13.1 Å². The number of tetrazole rings is 1. The van der Waals surface area contributed by atoms with Crippen molar-refractivity contribution >= 4 is 0 Å². The van der Waals surface area contributed by atoms with Gasteiger partial charge in [-0.1, -0.05) is 26.7 Å². The van der Waals surface area contributed by atoms with Gasteiger partial charge in [-0.2, -0.15) is 0 Å². The fourth-order valence-electron chi connectivity index (χ4n) is 3.24. The fourth-order valence-corrected chi connectivity index (χ4v) is 3.24. The van der Waals surface area contributed by atoms with Crippen LogP contribution in [0.5, 0.6) is 0 Å². The molecule has 1 heterocycles. The van der Waals surface area contributed by atoms with E-state index in [0.717, 1.165) is 44.8 Å². The zero-order valence-electron chi connectivity index (χ0n) is 12.8. The third-order valence-electron chi connectivity index (χ3n) is 4.47. The molecule has 20 heavy (non-hydrogen) atoms. The number of aryl methyl sites for hydroxylation is 1. The van der Waals surface area contributed by atoms with E-state index in [2.05, 4.69) is 34.3 Å². The van der Waals surface area contributed by atoms with Crippen LogP contribution in [0.2, 0.25) is 0 Å². The van der Waals surface area contributed by atoms with Crippen molar-refractivity contribution < 1.29 is 0 Å². The van der Waals surface area contributed by atoms with Gasteiger partial charge in [-0.15, -0.1) is 5.10 Å². The van der Waals surface area contributed by atoms with Gasteiger partial charge in [0.1, 0.15) is 0 Å². The molecule has 114 valence electrons. The largest absolute Gasteiger partial charge is 0.330 e. The van der Waals surface area contributed by atoms with Crippen molar-refractivity contribution in [2.24, 2.45) is 11.7 Å². The molecule has 2 rings (SSSR count). The average molecular weight is 280 g/mol. The Labute approximate surface area is 121 Å². The highest BCUT2D eigenvalue weighted by molar-refractivity contribution is 4.89. The number of nitrogens with two attached hydrogens (primary N) is 1. The van der Waals surface area contributed by atoms with Gasteiger partial charge in [-0.25, -0.2) is 4.68 Å². The van der Waals surface area contributed by atoms with Crippen molar-refractivity contribution in [3.63, 3.8) is 0 Å². The molecule has 6 nitrogen and oxygen atoms in total. The molecule has 0 aromatic carbocycles. The van der Waals surface area contributed by atoms with E-state index in [0.29, 0.717) is 12.0 Å². The molecule has 0 bridgehead atoms. The highest BCUT2D eigenvalue weighted by Gasteiger charge is 2.31. The van der Waals surface area contributed by atoms with E-state index in [9.17, 15) is 0 Å². The second-order valence-corrected chi connectivity index (χ2v) is 5.73. The lowest BCUT2D eigenvalue weighted by molar-refractivity contribution is 0.155. The Morgan fingerprint density at radius 1 is 1.35 bits per heavy atom. The van der Waals surface area contributed by atoms with Crippen LogP contribution in [0.3, 0.4) is 0 Å². The molecular formula is C14H28N6. The van der Waals surface area contributed by atoms with Crippen LogP contribution in [0.1, 0.15) is 51.8 Å². The van der Waals surface area contributed by atoms with Gasteiger partial charge in [0.15, 0.2) is 5.82 Å². The van der Waals surface area contributed by atoms with Gasteiger partial charge >= 0.3 is 0 Å². The topological polar surface area (TPSA) is 72.9 Å². The lowest BCUT2D eigenvalue weighted by Gasteiger charge is -2.31. The molecule has 0 radical (unpaired) electrons. The molecule has 2 atom stereocenters. The van der Waals surface area contributed by atoms with E-state index in [1.54, 1.807) is 0 Å². The van der Waals surface area contributed by atoms with E-state index < -0.39 is 0 Å². The minimum atomic E-state index is 0.598. The maximum atomic E-state index is 5.91. The maximum absolute atomic E-state index is 5.91. The lowest BCUT2D eigenvalue weighted by atomic mass is 10.0. The van der Waals surface area contributed by atoms with Crippen LogP contribution >= 0.6 is 0 Å². The van der Waals surface area contributed by atoms with Crippen LogP contribution in [-0.4, -0.2) is 44.2 Å². The molecule has 1 aromatic heterocycles. The molecule has 0 saturated heterocycles. The zero-order valence-corrected chi connectivity index (χ0v) is 12.8. The molecular weight excluding hydrogens is 252 g/mol. The number of rotatable bonds is 8. The first-order valence-electron chi connectivity index (χ1n) is 7.99. The van der Waals surface area contributed by atoms with Gasteiger partial charge in [0.25, 0.3) is 0 Å². The molecule has 1 aliphatic carbocycles. The number of unbranched alkanes of at least 4 members (excludes halogenated alkanes) is 1. The molecule has 2 unspecified atom stereocenters. The summed E-state index contributed by atoms with van der Waals surface area (Å²) in [6, 6.07) is 0.598. The molecule has 0 spiro atoms. The molecule has 0 amide bonds. The van der Waals surface area contributed by atoms with Crippen LogP contribution in [0.25, 0.3) is 0 Å². The van der Waals surface area contributed by atoms with E-state index in [-0.39, 0.29) is 0 Å². The lowest BCUT2D eigenvalue weighted by Crippen LogP contribution is -2.40. The van der Waals surface area contributed by atoms with Gasteiger partial charge in [-0.3, -0.25) is 4.90 Å². The van der Waals surface area contributed by atoms with E-state index in [1.807, 2.05) is 4.68 Å². The zero-order chi connectivity index (χ0) is 14.4. The number of hydrogen-bond acceptors (Lipinski definition) is 5. The predicted octanol–water partition coefficient (Wildman–Crippen LogP) is 1.42.